The highest BCUT2D eigenvalue weighted by atomic mass is 14.8. The van der Waals surface area contributed by atoms with Crippen molar-refractivity contribution in [3.63, 3.8) is 0 Å². The normalized spacial score (nSPS) is 18.8. The molecule has 0 aromatic heterocycles. The lowest BCUT2D eigenvalue weighted by molar-refractivity contribution is 0.879. The number of aliphatic imine (C=N–C) groups is 1. The van der Waals surface area contributed by atoms with Gasteiger partial charge in [0, 0.05) is 6.54 Å². The smallest absolute Gasteiger partial charge is 0.118 e. The average Bonchev–Trinajstić information content (AvgIpc) is 1.88. The minimum absolute atomic E-state index is 0.693. The highest BCUT2D eigenvalue weighted by Gasteiger charge is 1.99. The first-order chi connectivity index (χ1) is 4.33. The monoisotopic (exact) mass is 124 g/mol. The molecule has 0 aromatic carbocycles. The molecular formula is C7H12N2. The molecule has 0 fully saturated rings. The van der Waals surface area contributed by atoms with E-state index in [9.17, 15) is 0 Å². The van der Waals surface area contributed by atoms with Crippen LogP contribution in [0.5, 0.6) is 0 Å². The van der Waals surface area contributed by atoms with Gasteiger partial charge in [-0.1, -0.05) is 12.5 Å². The molecule has 0 saturated carbocycles. The van der Waals surface area contributed by atoms with Crippen LogP contribution in [0, 0.1) is 0 Å². The van der Waals surface area contributed by atoms with E-state index >= 15 is 0 Å². The van der Waals surface area contributed by atoms with Gasteiger partial charge in [-0.25, -0.2) is 0 Å². The quantitative estimate of drug-likeness (QED) is 0.558. The maximum atomic E-state index is 5.47. The Hall–Kier alpha value is -0.790. The maximum Gasteiger partial charge on any atom is 0.118 e. The van der Waals surface area contributed by atoms with Gasteiger partial charge in [0.25, 0.3) is 0 Å². The molecular weight excluding hydrogens is 112 g/mol. The van der Waals surface area contributed by atoms with E-state index in [0.717, 1.165) is 19.4 Å². The van der Waals surface area contributed by atoms with Crippen molar-refractivity contribution in [1.29, 1.82) is 0 Å². The fourth-order valence-electron chi connectivity index (χ4n) is 0.934. The lowest BCUT2D eigenvalue weighted by atomic mass is 10.1. The van der Waals surface area contributed by atoms with Crippen LogP contribution in [0.2, 0.25) is 0 Å². The number of amidine groups is 1. The average molecular weight is 124 g/mol. The Kier molecular flexibility index (Phi) is 1.88. The molecule has 1 aliphatic heterocycles. The summed E-state index contributed by atoms with van der Waals surface area (Å²) in [5, 5.41) is 0. The Bertz CT molecular complexity index is 156. The van der Waals surface area contributed by atoms with Gasteiger partial charge < -0.3 is 5.73 Å². The molecule has 0 aliphatic carbocycles. The summed E-state index contributed by atoms with van der Waals surface area (Å²) in [6, 6.07) is 0. The SMILES string of the molecule is CCC1=CC(N)=NCC1. The summed E-state index contributed by atoms with van der Waals surface area (Å²) in [5.41, 5.74) is 6.89. The Labute approximate surface area is 55.5 Å². The minimum Gasteiger partial charge on any atom is -0.384 e. The summed E-state index contributed by atoms with van der Waals surface area (Å²) < 4.78 is 0. The van der Waals surface area contributed by atoms with Crippen molar-refractivity contribution in [2.45, 2.75) is 19.8 Å². The minimum atomic E-state index is 0.693. The van der Waals surface area contributed by atoms with Crippen LogP contribution in [0.1, 0.15) is 19.8 Å². The van der Waals surface area contributed by atoms with Gasteiger partial charge in [0.15, 0.2) is 0 Å². The van der Waals surface area contributed by atoms with Gasteiger partial charge in [-0.2, -0.15) is 0 Å². The molecule has 1 aliphatic rings. The van der Waals surface area contributed by atoms with Crippen LogP contribution < -0.4 is 5.73 Å². The van der Waals surface area contributed by atoms with Crippen molar-refractivity contribution in [3.05, 3.63) is 11.6 Å². The molecule has 0 saturated heterocycles. The van der Waals surface area contributed by atoms with Crippen molar-refractivity contribution >= 4 is 5.84 Å². The lowest BCUT2D eigenvalue weighted by Crippen LogP contribution is -2.13. The maximum absolute atomic E-state index is 5.47. The van der Waals surface area contributed by atoms with Crippen LogP contribution in [0.15, 0.2) is 16.6 Å². The topological polar surface area (TPSA) is 38.4 Å². The highest BCUT2D eigenvalue weighted by molar-refractivity contribution is 5.92. The van der Waals surface area contributed by atoms with E-state index in [2.05, 4.69) is 11.9 Å². The molecule has 2 nitrogen and oxygen atoms in total. The van der Waals surface area contributed by atoms with Crippen LogP contribution in [0.25, 0.3) is 0 Å². The van der Waals surface area contributed by atoms with Gasteiger partial charge in [0.2, 0.25) is 0 Å². The molecule has 0 aromatic rings. The van der Waals surface area contributed by atoms with E-state index < -0.39 is 0 Å². The molecule has 0 unspecified atom stereocenters. The summed E-state index contributed by atoms with van der Waals surface area (Å²) in [6.07, 6.45) is 4.18. The summed E-state index contributed by atoms with van der Waals surface area (Å²) in [5.74, 6) is 0.693. The van der Waals surface area contributed by atoms with E-state index in [1.165, 1.54) is 5.57 Å². The number of nitrogens with zero attached hydrogens (tertiary/aromatic N) is 1. The first-order valence-corrected chi connectivity index (χ1v) is 3.32. The highest BCUT2D eigenvalue weighted by Crippen LogP contribution is 2.09. The molecule has 0 atom stereocenters. The van der Waals surface area contributed by atoms with Crippen molar-refractivity contribution in [3.8, 4) is 0 Å². The molecule has 0 amide bonds. The summed E-state index contributed by atoms with van der Waals surface area (Å²) in [7, 11) is 0. The molecule has 0 bridgehead atoms. The first kappa shape index (κ1) is 6.33. The molecule has 2 N–H and O–H groups in total. The number of rotatable bonds is 1. The van der Waals surface area contributed by atoms with Crippen LogP contribution in [-0.2, 0) is 0 Å². The zero-order chi connectivity index (χ0) is 6.69. The Balaban J connectivity index is 2.63. The van der Waals surface area contributed by atoms with Gasteiger partial charge in [-0.3, -0.25) is 4.99 Å². The van der Waals surface area contributed by atoms with Crippen molar-refractivity contribution in [1.82, 2.24) is 0 Å². The molecule has 1 heterocycles. The van der Waals surface area contributed by atoms with Crippen LogP contribution in [0.3, 0.4) is 0 Å². The largest absolute Gasteiger partial charge is 0.384 e. The molecule has 1 rings (SSSR count). The molecule has 0 radical (unpaired) electrons. The fraction of sp³-hybridized carbons (Fsp3) is 0.571. The Morgan fingerprint density at radius 1 is 1.78 bits per heavy atom. The van der Waals surface area contributed by atoms with Crippen molar-refractivity contribution in [2.24, 2.45) is 10.7 Å². The Morgan fingerprint density at radius 2 is 2.56 bits per heavy atom. The van der Waals surface area contributed by atoms with Crippen LogP contribution >= 0.6 is 0 Å². The van der Waals surface area contributed by atoms with Gasteiger partial charge in [0.05, 0.1) is 0 Å². The van der Waals surface area contributed by atoms with E-state index in [-0.39, 0.29) is 0 Å². The third kappa shape index (κ3) is 1.56. The summed E-state index contributed by atoms with van der Waals surface area (Å²) >= 11 is 0. The van der Waals surface area contributed by atoms with Crippen molar-refractivity contribution < 1.29 is 0 Å². The van der Waals surface area contributed by atoms with Gasteiger partial charge in [-0.15, -0.1) is 0 Å². The fourth-order valence-corrected chi connectivity index (χ4v) is 0.934. The number of nitrogens with two attached hydrogens (primary N) is 1. The Morgan fingerprint density at radius 3 is 3.00 bits per heavy atom. The van der Waals surface area contributed by atoms with Crippen LogP contribution in [0.4, 0.5) is 0 Å². The van der Waals surface area contributed by atoms with E-state index in [1.807, 2.05) is 6.08 Å². The molecule has 9 heavy (non-hydrogen) atoms. The lowest BCUT2D eigenvalue weighted by Gasteiger charge is -2.07. The van der Waals surface area contributed by atoms with Gasteiger partial charge in [0.1, 0.15) is 5.84 Å². The van der Waals surface area contributed by atoms with E-state index in [0.29, 0.717) is 5.84 Å². The first-order valence-electron chi connectivity index (χ1n) is 3.32. The second kappa shape index (κ2) is 2.67. The van der Waals surface area contributed by atoms with Crippen molar-refractivity contribution in [2.75, 3.05) is 6.54 Å². The summed E-state index contributed by atoms with van der Waals surface area (Å²) in [4.78, 5) is 4.05. The predicted molar refractivity (Wildman–Crippen MR) is 39.5 cm³/mol. The van der Waals surface area contributed by atoms with E-state index in [4.69, 9.17) is 5.73 Å². The zero-order valence-electron chi connectivity index (χ0n) is 5.72. The van der Waals surface area contributed by atoms with E-state index in [1.54, 1.807) is 0 Å². The zero-order valence-corrected chi connectivity index (χ0v) is 5.72. The van der Waals surface area contributed by atoms with Gasteiger partial charge in [-0.05, 0) is 18.9 Å². The number of dihydropyridines is 1. The molecule has 50 valence electrons. The van der Waals surface area contributed by atoms with Crippen LogP contribution in [-0.4, -0.2) is 12.4 Å². The molecule has 2 heteroatoms. The predicted octanol–water partition coefficient (Wildman–Crippen LogP) is 1.08. The standard InChI is InChI=1S/C7H12N2/c1-2-6-3-4-9-7(8)5-6/h5H,2-4H2,1H3,(H2,8,9). The second-order valence-corrected chi connectivity index (χ2v) is 2.21. The number of hydrogen-bond donors (Lipinski definition) is 1. The molecule has 0 spiro atoms. The third-order valence-corrected chi connectivity index (χ3v) is 1.53. The second-order valence-electron chi connectivity index (χ2n) is 2.21. The third-order valence-electron chi connectivity index (χ3n) is 1.53. The number of hydrogen-bond acceptors (Lipinski definition) is 2. The van der Waals surface area contributed by atoms with Gasteiger partial charge >= 0.3 is 0 Å². The summed E-state index contributed by atoms with van der Waals surface area (Å²) in [6.45, 7) is 3.02.